The van der Waals surface area contributed by atoms with Gasteiger partial charge in [0.05, 0.1) is 47.7 Å². The second kappa shape index (κ2) is 11.8. The Bertz CT molecular complexity index is 1520. The fraction of sp³-hybridized carbons (Fsp3) is 0.286. The molecule has 3 aromatic rings. The fourth-order valence-electron chi connectivity index (χ4n) is 4.61. The monoisotopic (exact) mass is 529 g/mol. The van der Waals surface area contributed by atoms with Gasteiger partial charge < -0.3 is 11.1 Å². The normalized spacial score (nSPS) is 20.3. The van der Waals surface area contributed by atoms with Crippen LogP contribution in [0.1, 0.15) is 49.0 Å². The molecule has 0 saturated carbocycles. The lowest BCUT2D eigenvalue weighted by atomic mass is 9.96. The van der Waals surface area contributed by atoms with Gasteiger partial charge in [-0.05, 0) is 42.7 Å². The molecule has 1 aliphatic heterocycles. The van der Waals surface area contributed by atoms with Crippen molar-refractivity contribution in [1.29, 1.82) is 5.26 Å². The van der Waals surface area contributed by atoms with Crippen LogP contribution >= 0.6 is 11.6 Å². The third-order valence-electron chi connectivity index (χ3n) is 6.65. The van der Waals surface area contributed by atoms with Crippen molar-refractivity contribution in [2.45, 2.75) is 38.6 Å². The fourth-order valence-corrected chi connectivity index (χ4v) is 4.79. The first-order valence-electron chi connectivity index (χ1n) is 12.3. The Kier molecular flexibility index (Phi) is 8.34. The Labute approximate surface area is 225 Å². The second-order valence-electron chi connectivity index (χ2n) is 9.11. The van der Waals surface area contributed by atoms with Crippen molar-refractivity contribution in [3.05, 3.63) is 93.0 Å². The maximum atomic E-state index is 13.5. The highest BCUT2D eigenvalue weighted by molar-refractivity contribution is 6.30. The molecule has 4 rings (SSSR count). The van der Waals surface area contributed by atoms with E-state index in [1.54, 1.807) is 42.1 Å². The van der Waals surface area contributed by atoms with E-state index < -0.39 is 6.04 Å². The van der Waals surface area contributed by atoms with Crippen LogP contribution in [0.25, 0.3) is 11.3 Å². The number of nitrogens with zero attached hydrogens (tertiary/aromatic N) is 5. The van der Waals surface area contributed by atoms with E-state index >= 15 is 0 Å². The van der Waals surface area contributed by atoms with Crippen LogP contribution in [0.5, 0.6) is 0 Å². The molecule has 3 heterocycles. The molecule has 2 atom stereocenters. The highest BCUT2D eigenvalue weighted by Gasteiger charge is 2.24. The van der Waals surface area contributed by atoms with E-state index in [-0.39, 0.29) is 23.8 Å². The number of nitrogens with one attached hydrogen (secondary N) is 1. The number of nitriles is 1. The lowest BCUT2D eigenvalue weighted by molar-refractivity contribution is -0.123. The zero-order valence-corrected chi connectivity index (χ0v) is 21.9. The highest BCUT2D eigenvalue weighted by Crippen LogP contribution is 2.28. The van der Waals surface area contributed by atoms with Gasteiger partial charge in [0.25, 0.3) is 5.56 Å². The van der Waals surface area contributed by atoms with E-state index in [0.717, 1.165) is 5.56 Å². The molecule has 0 saturated heterocycles. The van der Waals surface area contributed by atoms with Crippen molar-refractivity contribution in [3.63, 3.8) is 0 Å². The van der Waals surface area contributed by atoms with Crippen molar-refractivity contribution < 1.29 is 4.79 Å². The number of rotatable bonds is 3. The zero-order chi connectivity index (χ0) is 27.2. The van der Waals surface area contributed by atoms with E-state index in [0.29, 0.717) is 58.2 Å². The summed E-state index contributed by atoms with van der Waals surface area (Å²) in [5.41, 5.74) is 9.72. The van der Waals surface area contributed by atoms with Crippen molar-refractivity contribution in [1.82, 2.24) is 19.9 Å². The third-order valence-corrected chi connectivity index (χ3v) is 6.89. The lowest BCUT2D eigenvalue weighted by Gasteiger charge is -2.23. The number of benzene rings is 1. The number of carbonyl (C=O) groups excluding carboxylic acids is 1. The lowest BCUT2D eigenvalue weighted by Crippen LogP contribution is -2.33. The quantitative estimate of drug-likeness (QED) is 0.529. The largest absolute Gasteiger partial charge is 0.403 e. The van der Waals surface area contributed by atoms with Crippen LogP contribution in [0, 0.1) is 17.2 Å². The van der Waals surface area contributed by atoms with Gasteiger partial charge in [0, 0.05) is 47.6 Å². The summed E-state index contributed by atoms with van der Waals surface area (Å²) < 4.78 is 1.56. The highest BCUT2D eigenvalue weighted by atomic mass is 35.5. The number of allylic oxidation sites excluding steroid dienone is 1. The minimum Gasteiger partial charge on any atom is -0.403 e. The zero-order valence-electron chi connectivity index (χ0n) is 21.2. The van der Waals surface area contributed by atoms with Crippen molar-refractivity contribution in [2.75, 3.05) is 7.05 Å². The van der Waals surface area contributed by atoms with Gasteiger partial charge in [-0.2, -0.15) is 5.26 Å². The third kappa shape index (κ3) is 5.66. The molecule has 3 N–H and O–H groups in total. The van der Waals surface area contributed by atoms with Crippen LogP contribution in [0.3, 0.4) is 0 Å². The van der Waals surface area contributed by atoms with E-state index in [9.17, 15) is 14.9 Å². The van der Waals surface area contributed by atoms with Crippen molar-refractivity contribution >= 4 is 23.2 Å². The number of aromatic nitrogens is 3. The minimum atomic E-state index is -0.417. The first-order chi connectivity index (χ1) is 18.4. The molecule has 0 spiro atoms. The molecule has 2 bridgehead atoms. The number of nitrogens with two attached hydrogens (primary N) is 1. The molecule has 1 amide bonds. The van der Waals surface area contributed by atoms with Gasteiger partial charge >= 0.3 is 0 Å². The van der Waals surface area contributed by atoms with Gasteiger partial charge in [-0.1, -0.05) is 31.0 Å². The summed E-state index contributed by atoms with van der Waals surface area (Å²) in [6, 6.07) is 12.0. The van der Waals surface area contributed by atoms with Gasteiger partial charge in [0.15, 0.2) is 0 Å². The summed E-state index contributed by atoms with van der Waals surface area (Å²) in [5.74, 6) is -0.417. The number of carbonyl (C=O) groups is 1. The first kappa shape index (κ1) is 26.8. The number of amides is 1. The molecule has 2 unspecified atom stereocenters. The SMILES string of the molecule is CN=C1C(=CN)NC(=O)C(C)CCCC(n2cnc(-c3cc(Cl)ccc3CC#N)cc2=O)c2cc1ccn2. The number of halogens is 1. The number of pyridine rings is 1. The van der Waals surface area contributed by atoms with Gasteiger partial charge in [-0.15, -0.1) is 0 Å². The molecular formula is C28H28ClN7O2. The van der Waals surface area contributed by atoms with Crippen molar-refractivity contribution in [2.24, 2.45) is 16.6 Å². The summed E-state index contributed by atoms with van der Waals surface area (Å²) >= 11 is 6.20. The molecular weight excluding hydrogens is 502 g/mol. The van der Waals surface area contributed by atoms with E-state index in [4.69, 9.17) is 17.3 Å². The van der Waals surface area contributed by atoms with Gasteiger partial charge in [0.1, 0.15) is 0 Å². The summed E-state index contributed by atoms with van der Waals surface area (Å²) in [6.45, 7) is 1.86. The maximum Gasteiger partial charge on any atom is 0.254 e. The Morgan fingerprint density at radius 1 is 1.24 bits per heavy atom. The molecule has 0 fully saturated rings. The Hall–Kier alpha value is -4.29. The average molecular weight is 530 g/mol. The number of hydrogen-bond acceptors (Lipinski definition) is 7. The minimum absolute atomic E-state index is 0.146. The Balaban J connectivity index is 1.81. The summed E-state index contributed by atoms with van der Waals surface area (Å²) in [4.78, 5) is 39.8. The second-order valence-corrected chi connectivity index (χ2v) is 9.55. The summed E-state index contributed by atoms with van der Waals surface area (Å²) in [6.07, 6.45) is 6.53. The van der Waals surface area contributed by atoms with Gasteiger partial charge in [-0.25, -0.2) is 4.98 Å². The van der Waals surface area contributed by atoms with Crippen LogP contribution in [0.4, 0.5) is 0 Å². The molecule has 0 aliphatic carbocycles. The van der Waals surface area contributed by atoms with E-state index in [1.807, 2.05) is 13.0 Å². The molecule has 0 radical (unpaired) electrons. The molecule has 38 heavy (non-hydrogen) atoms. The predicted molar refractivity (Wildman–Crippen MR) is 147 cm³/mol. The van der Waals surface area contributed by atoms with Crippen LogP contribution in [0.15, 0.2) is 70.6 Å². The molecule has 9 nitrogen and oxygen atoms in total. The summed E-state index contributed by atoms with van der Waals surface area (Å²) in [7, 11) is 1.63. The topological polar surface area (TPSA) is 139 Å². The smallest absolute Gasteiger partial charge is 0.254 e. The molecule has 194 valence electrons. The number of fused-ring (bicyclic) bond motifs is 2. The Morgan fingerprint density at radius 2 is 2.05 bits per heavy atom. The van der Waals surface area contributed by atoms with E-state index in [1.165, 1.54) is 18.6 Å². The maximum absolute atomic E-state index is 13.5. The molecule has 1 aromatic carbocycles. The average Bonchev–Trinajstić information content (AvgIpc) is 2.91. The van der Waals surface area contributed by atoms with Crippen LogP contribution < -0.4 is 16.6 Å². The standard InChI is InChI=1S/C28H28ClN7O2/c1-17-4-3-5-25(23-12-19(9-11-33-23)27(32-2)24(15-31)35-28(17)38)36-16-34-22(14-26(36)37)21-13-20(29)7-6-18(21)8-10-30/h6-7,9,11-17,25H,3-5,8,31H2,1-2H3,(H,35,38). The van der Waals surface area contributed by atoms with Gasteiger partial charge in [0.2, 0.25) is 5.91 Å². The van der Waals surface area contributed by atoms with Gasteiger partial charge in [-0.3, -0.25) is 24.1 Å². The molecule has 2 aromatic heterocycles. The molecule has 1 aliphatic rings. The van der Waals surface area contributed by atoms with Crippen molar-refractivity contribution in [3.8, 4) is 17.3 Å². The van der Waals surface area contributed by atoms with Crippen LogP contribution in [-0.4, -0.2) is 33.2 Å². The predicted octanol–water partition coefficient (Wildman–Crippen LogP) is 3.77. The van der Waals surface area contributed by atoms with Crippen LogP contribution in [-0.2, 0) is 11.2 Å². The first-order valence-corrected chi connectivity index (χ1v) is 12.6. The number of hydrogen-bond donors (Lipinski definition) is 2. The number of aliphatic imine (C=N–C) groups is 1. The van der Waals surface area contributed by atoms with E-state index in [2.05, 4.69) is 26.3 Å². The molecule has 10 heteroatoms. The Morgan fingerprint density at radius 3 is 2.76 bits per heavy atom. The summed E-state index contributed by atoms with van der Waals surface area (Å²) in [5, 5.41) is 12.6. The van der Waals surface area contributed by atoms with Crippen LogP contribution in [0.2, 0.25) is 5.02 Å².